The van der Waals surface area contributed by atoms with Crippen molar-refractivity contribution in [1.29, 1.82) is 0 Å². The lowest BCUT2D eigenvalue weighted by Gasteiger charge is -2.20. The second-order valence-electron chi connectivity index (χ2n) is 10.2. The third kappa shape index (κ3) is 5.93. The molecule has 176 valence electrons. The van der Waals surface area contributed by atoms with Crippen molar-refractivity contribution in [1.82, 2.24) is 10.3 Å². The molecule has 1 saturated heterocycles. The molecule has 4 nitrogen and oxygen atoms in total. The number of aromatic amines is 1. The van der Waals surface area contributed by atoms with E-state index in [1.165, 1.54) is 11.1 Å². The molecule has 2 heterocycles. The fourth-order valence-corrected chi connectivity index (χ4v) is 4.44. The van der Waals surface area contributed by atoms with Crippen LogP contribution < -0.4 is 10.9 Å². The molecular weight excluding hydrogens is 420 g/mol. The first-order chi connectivity index (χ1) is 16.3. The molecule has 0 saturated carbocycles. The van der Waals surface area contributed by atoms with E-state index in [1.54, 1.807) is 0 Å². The maximum atomic E-state index is 12.9. The Hall–Kier alpha value is -3.40. The molecule has 0 radical (unpaired) electrons. The average molecular weight is 455 g/mol. The maximum Gasteiger partial charge on any atom is 0.251 e. The van der Waals surface area contributed by atoms with E-state index in [0.717, 1.165) is 48.1 Å². The molecule has 0 unspecified atom stereocenters. The number of benzene rings is 2. The van der Waals surface area contributed by atoms with Gasteiger partial charge in [-0.2, -0.15) is 0 Å². The number of aromatic nitrogens is 1. The Morgan fingerprint density at radius 1 is 0.941 bits per heavy atom. The largest absolute Gasteiger partial charge is 0.350 e. The van der Waals surface area contributed by atoms with Gasteiger partial charge in [0.1, 0.15) is 0 Å². The van der Waals surface area contributed by atoms with E-state index in [9.17, 15) is 9.59 Å². The van der Waals surface area contributed by atoms with Gasteiger partial charge in [0, 0.05) is 29.3 Å². The summed E-state index contributed by atoms with van der Waals surface area (Å²) in [7, 11) is 0. The molecule has 1 fully saturated rings. The third-order valence-corrected chi connectivity index (χ3v) is 6.49. The Kier molecular flexibility index (Phi) is 7.16. The standard InChI is InChI=1S/C30H34N2O2/c1-30(2,3)24-15-12-22(13-16-24)26(20-25-17-19-28(33)31-25)27-18-14-23(29(34)32-27)11-7-10-21-8-5-4-6-9-21/h4-6,8-9,12-16,18,20,25H,7,10-11,17,19H2,1-3H3,(H,31,33)(H,32,34)/t25-/m1/s1. The first-order valence-electron chi connectivity index (χ1n) is 12.2. The van der Waals surface area contributed by atoms with Crippen LogP contribution in [0, 0.1) is 0 Å². The third-order valence-electron chi connectivity index (χ3n) is 6.49. The van der Waals surface area contributed by atoms with E-state index in [-0.39, 0.29) is 22.9 Å². The smallest absolute Gasteiger partial charge is 0.251 e. The number of hydrogen-bond donors (Lipinski definition) is 2. The summed E-state index contributed by atoms with van der Waals surface area (Å²) in [4.78, 5) is 27.8. The molecule has 1 atom stereocenters. The average Bonchev–Trinajstić information content (AvgIpc) is 3.23. The van der Waals surface area contributed by atoms with E-state index < -0.39 is 0 Å². The first kappa shape index (κ1) is 23.7. The molecule has 1 aromatic heterocycles. The SMILES string of the molecule is CC(C)(C)c1ccc(C(=C[C@H]2CCC(=O)N2)c2ccc(CCCc3ccccc3)c(=O)[nH]2)cc1. The predicted molar refractivity (Wildman–Crippen MR) is 139 cm³/mol. The number of pyridine rings is 1. The Bertz CT molecular complexity index is 1220. The number of aryl methyl sites for hydroxylation is 2. The van der Waals surface area contributed by atoms with Gasteiger partial charge in [-0.05, 0) is 53.9 Å². The van der Waals surface area contributed by atoms with Crippen LogP contribution in [0.5, 0.6) is 0 Å². The maximum absolute atomic E-state index is 12.9. The number of nitrogens with one attached hydrogen (secondary N) is 2. The number of amides is 1. The van der Waals surface area contributed by atoms with Crippen molar-refractivity contribution in [3.05, 3.63) is 111 Å². The zero-order valence-corrected chi connectivity index (χ0v) is 20.4. The molecule has 2 N–H and O–H groups in total. The summed E-state index contributed by atoms with van der Waals surface area (Å²) in [6.07, 6.45) is 6.00. The van der Waals surface area contributed by atoms with Crippen molar-refractivity contribution in [2.24, 2.45) is 0 Å². The van der Waals surface area contributed by atoms with Crippen molar-refractivity contribution in [2.45, 2.75) is 64.3 Å². The van der Waals surface area contributed by atoms with Crippen LogP contribution in [-0.2, 0) is 23.1 Å². The van der Waals surface area contributed by atoms with Crippen LogP contribution in [0.15, 0.2) is 77.6 Å². The van der Waals surface area contributed by atoms with Crippen LogP contribution in [-0.4, -0.2) is 16.9 Å². The summed E-state index contributed by atoms with van der Waals surface area (Å²) in [5, 5.41) is 3.02. The number of rotatable bonds is 7. The summed E-state index contributed by atoms with van der Waals surface area (Å²) in [6, 6.07) is 22.8. The minimum absolute atomic E-state index is 0.0288. The highest BCUT2D eigenvalue weighted by Crippen LogP contribution is 2.28. The van der Waals surface area contributed by atoms with Crippen molar-refractivity contribution in [2.75, 3.05) is 0 Å². The van der Waals surface area contributed by atoms with Crippen LogP contribution in [0.2, 0.25) is 0 Å². The van der Waals surface area contributed by atoms with Crippen LogP contribution in [0.4, 0.5) is 0 Å². The van der Waals surface area contributed by atoms with Crippen LogP contribution >= 0.6 is 0 Å². The van der Waals surface area contributed by atoms with Gasteiger partial charge in [-0.1, -0.05) is 87.5 Å². The molecule has 0 bridgehead atoms. The van der Waals surface area contributed by atoms with Gasteiger partial charge < -0.3 is 10.3 Å². The normalized spacial score (nSPS) is 16.5. The van der Waals surface area contributed by atoms with Gasteiger partial charge in [0.2, 0.25) is 5.91 Å². The topological polar surface area (TPSA) is 62.0 Å². The van der Waals surface area contributed by atoms with Gasteiger partial charge in [-0.15, -0.1) is 0 Å². The summed E-state index contributed by atoms with van der Waals surface area (Å²) in [5.41, 5.74) is 6.13. The zero-order valence-electron chi connectivity index (χ0n) is 20.4. The van der Waals surface area contributed by atoms with Crippen LogP contribution in [0.1, 0.15) is 68.0 Å². The lowest BCUT2D eigenvalue weighted by molar-refractivity contribution is -0.119. The second-order valence-corrected chi connectivity index (χ2v) is 10.2. The quantitative estimate of drug-likeness (QED) is 0.491. The number of carbonyl (C=O) groups is 1. The van der Waals surface area contributed by atoms with Crippen molar-refractivity contribution >= 4 is 11.5 Å². The Morgan fingerprint density at radius 2 is 1.68 bits per heavy atom. The lowest BCUT2D eigenvalue weighted by atomic mass is 9.86. The van der Waals surface area contributed by atoms with Gasteiger partial charge >= 0.3 is 0 Å². The van der Waals surface area contributed by atoms with Gasteiger partial charge in [0.25, 0.3) is 5.56 Å². The molecule has 4 heteroatoms. The Morgan fingerprint density at radius 3 is 2.29 bits per heavy atom. The number of H-pyrrole nitrogens is 1. The van der Waals surface area contributed by atoms with E-state index in [2.05, 4.69) is 73.5 Å². The van der Waals surface area contributed by atoms with Crippen LogP contribution in [0.25, 0.3) is 5.57 Å². The second kappa shape index (κ2) is 10.3. The summed E-state index contributed by atoms with van der Waals surface area (Å²) >= 11 is 0. The van der Waals surface area contributed by atoms with E-state index in [0.29, 0.717) is 6.42 Å². The van der Waals surface area contributed by atoms with E-state index in [4.69, 9.17) is 0 Å². The molecule has 3 aromatic rings. The van der Waals surface area contributed by atoms with E-state index >= 15 is 0 Å². The van der Waals surface area contributed by atoms with Crippen LogP contribution in [0.3, 0.4) is 0 Å². The van der Waals surface area contributed by atoms with Gasteiger partial charge in [-0.25, -0.2) is 0 Å². The Labute approximate surface area is 202 Å². The molecule has 4 rings (SSSR count). The number of hydrogen-bond acceptors (Lipinski definition) is 2. The molecule has 2 aromatic carbocycles. The molecule has 1 aliphatic rings. The minimum atomic E-state index is -0.0433. The molecule has 0 aliphatic carbocycles. The van der Waals surface area contributed by atoms with Crippen molar-refractivity contribution < 1.29 is 4.79 Å². The van der Waals surface area contributed by atoms with Crippen molar-refractivity contribution in [3.63, 3.8) is 0 Å². The highest BCUT2D eigenvalue weighted by atomic mass is 16.2. The molecular formula is C30H34N2O2. The Balaban J connectivity index is 1.58. The predicted octanol–water partition coefficient (Wildman–Crippen LogP) is 5.56. The van der Waals surface area contributed by atoms with E-state index in [1.807, 2.05) is 30.3 Å². The van der Waals surface area contributed by atoms with Gasteiger partial charge in [-0.3, -0.25) is 9.59 Å². The lowest BCUT2D eigenvalue weighted by Crippen LogP contribution is -2.24. The zero-order chi connectivity index (χ0) is 24.1. The molecule has 0 spiro atoms. The summed E-state index contributed by atoms with van der Waals surface area (Å²) in [5.74, 6) is 0.0749. The summed E-state index contributed by atoms with van der Waals surface area (Å²) < 4.78 is 0. The van der Waals surface area contributed by atoms with Gasteiger partial charge in [0.05, 0.1) is 0 Å². The first-order valence-corrected chi connectivity index (χ1v) is 12.2. The summed E-state index contributed by atoms with van der Waals surface area (Å²) in [6.45, 7) is 6.59. The highest BCUT2D eigenvalue weighted by Gasteiger charge is 2.21. The fourth-order valence-electron chi connectivity index (χ4n) is 4.44. The monoisotopic (exact) mass is 454 g/mol. The molecule has 1 aliphatic heterocycles. The fraction of sp³-hybridized carbons (Fsp3) is 0.333. The molecule has 1 amide bonds. The highest BCUT2D eigenvalue weighted by molar-refractivity contribution is 5.82. The minimum Gasteiger partial charge on any atom is -0.350 e. The number of carbonyl (C=O) groups excluding carboxylic acids is 1. The molecule has 34 heavy (non-hydrogen) atoms. The van der Waals surface area contributed by atoms with Crippen molar-refractivity contribution in [3.8, 4) is 0 Å². The van der Waals surface area contributed by atoms with Gasteiger partial charge in [0.15, 0.2) is 0 Å².